The van der Waals surface area contributed by atoms with Crippen molar-refractivity contribution in [3.8, 4) is 34.3 Å². The Kier molecular flexibility index (Phi) is 4.44. The number of nitrogens with two attached hydrogens (primary N) is 2. The molecule has 0 unspecified atom stereocenters. The first-order valence-electron chi connectivity index (χ1n) is 9.65. The van der Waals surface area contributed by atoms with Crippen molar-refractivity contribution in [1.82, 2.24) is 24.3 Å². The number of imidazole rings is 1. The van der Waals surface area contributed by atoms with Crippen LogP contribution < -0.4 is 16.2 Å². The van der Waals surface area contributed by atoms with Gasteiger partial charge in [-0.3, -0.25) is 4.40 Å². The highest BCUT2D eigenvalue weighted by molar-refractivity contribution is 5.84. The van der Waals surface area contributed by atoms with Gasteiger partial charge in [0.25, 0.3) is 0 Å². The van der Waals surface area contributed by atoms with Crippen LogP contribution in [-0.2, 0) is 0 Å². The van der Waals surface area contributed by atoms with E-state index < -0.39 is 0 Å². The lowest BCUT2D eigenvalue weighted by atomic mass is 10.0. The van der Waals surface area contributed by atoms with E-state index >= 15 is 0 Å². The number of rotatable bonds is 4. The normalized spacial score (nSPS) is 11.0. The lowest BCUT2D eigenvalue weighted by Gasteiger charge is -2.09. The fraction of sp³-hybridized carbons (Fsp3) is 0.0435. The molecule has 5 aromatic rings. The molecule has 0 aliphatic rings. The molecule has 0 bridgehead atoms. The van der Waals surface area contributed by atoms with Crippen molar-refractivity contribution in [2.24, 2.45) is 0 Å². The van der Waals surface area contributed by atoms with Crippen LogP contribution in [0.4, 0.5) is 11.6 Å². The molecule has 2 aromatic carbocycles. The van der Waals surface area contributed by atoms with Crippen LogP contribution >= 0.6 is 0 Å². The van der Waals surface area contributed by atoms with Crippen LogP contribution in [0.1, 0.15) is 5.56 Å². The molecule has 0 fully saturated rings. The van der Waals surface area contributed by atoms with Crippen molar-refractivity contribution < 1.29 is 4.74 Å². The first-order valence-corrected chi connectivity index (χ1v) is 9.65. The number of nitrogen functional groups attached to an aromatic ring is 2. The number of anilines is 2. The average Bonchev–Trinajstić information content (AvgIpc) is 3.20. The van der Waals surface area contributed by atoms with Gasteiger partial charge in [-0.15, -0.1) is 0 Å². The molecule has 0 saturated heterocycles. The van der Waals surface area contributed by atoms with Crippen LogP contribution in [0.3, 0.4) is 0 Å². The van der Waals surface area contributed by atoms with Gasteiger partial charge in [0.2, 0.25) is 5.95 Å². The van der Waals surface area contributed by atoms with Crippen molar-refractivity contribution in [2.75, 3.05) is 11.5 Å². The number of ether oxygens (including phenoxy) is 1. The number of hydrogen-bond acceptors (Lipinski definition) is 7. The van der Waals surface area contributed by atoms with E-state index in [1.807, 2.05) is 59.9 Å². The maximum absolute atomic E-state index is 6.26. The SMILES string of the molecule is Cc1cnc(N)n2c(-c3ccc(Oc4ncccn4)cc3)c(-c3ccc(N)cc3)nc12. The van der Waals surface area contributed by atoms with Crippen LogP contribution in [0.15, 0.2) is 73.2 Å². The maximum atomic E-state index is 6.26. The zero-order valence-electron chi connectivity index (χ0n) is 16.7. The smallest absolute Gasteiger partial charge is 0.321 e. The third-order valence-electron chi connectivity index (χ3n) is 4.91. The Labute approximate surface area is 178 Å². The summed E-state index contributed by atoms with van der Waals surface area (Å²) in [6.07, 6.45) is 4.99. The van der Waals surface area contributed by atoms with Gasteiger partial charge >= 0.3 is 6.01 Å². The Bertz CT molecular complexity index is 1360. The highest BCUT2D eigenvalue weighted by atomic mass is 16.5. The minimum Gasteiger partial charge on any atom is -0.424 e. The van der Waals surface area contributed by atoms with E-state index in [2.05, 4.69) is 15.0 Å². The summed E-state index contributed by atoms with van der Waals surface area (Å²) >= 11 is 0. The minimum atomic E-state index is 0.289. The highest BCUT2D eigenvalue weighted by Crippen LogP contribution is 2.36. The number of aryl methyl sites for hydroxylation is 1. The second kappa shape index (κ2) is 7.42. The van der Waals surface area contributed by atoms with E-state index in [1.54, 1.807) is 24.7 Å². The van der Waals surface area contributed by atoms with E-state index in [9.17, 15) is 0 Å². The van der Waals surface area contributed by atoms with Crippen LogP contribution in [0.25, 0.3) is 28.2 Å². The summed E-state index contributed by atoms with van der Waals surface area (Å²) in [4.78, 5) is 17.4. The monoisotopic (exact) mass is 409 g/mol. The van der Waals surface area contributed by atoms with E-state index in [0.717, 1.165) is 33.7 Å². The highest BCUT2D eigenvalue weighted by Gasteiger charge is 2.19. The van der Waals surface area contributed by atoms with E-state index in [1.165, 1.54) is 0 Å². The Morgan fingerprint density at radius 3 is 2.23 bits per heavy atom. The summed E-state index contributed by atoms with van der Waals surface area (Å²) in [5, 5.41) is 0. The molecule has 3 aromatic heterocycles. The molecule has 0 spiro atoms. The zero-order chi connectivity index (χ0) is 21.4. The largest absolute Gasteiger partial charge is 0.424 e. The molecule has 8 nitrogen and oxygen atoms in total. The Morgan fingerprint density at radius 2 is 1.52 bits per heavy atom. The second-order valence-electron chi connectivity index (χ2n) is 7.05. The topological polar surface area (TPSA) is 117 Å². The third-order valence-corrected chi connectivity index (χ3v) is 4.91. The Hall–Kier alpha value is -4.46. The summed E-state index contributed by atoms with van der Waals surface area (Å²) in [7, 11) is 0. The number of benzene rings is 2. The molecule has 152 valence electrons. The fourth-order valence-corrected chi connectivity index (χ4v) is 3.42. The third kappa shape index (κ3) is 3.40. The summed E-state index contributed by atoms with van der Waals surface area (Å²) < 4.78 is 7.59. The number of aromatic nitrogens is 5. The zero-order valence-corrected chi connectivity index (χ0v) is 16.7. The molecular weight excluding hydrogens is 390 g/mol. The van der Waals surface area contributed by atoms with Crippen molar-refractivity contribution in [1.29, 1.82) is 0 Å². The van der Waals surface area contributed by atoms with Gasteiger partial charge in [0.15, 0.2) is 0 Å². The van der Waals surface area contributed by atoms with E-state index in [4.69, 9.17) is 21.2 Å². The van der Waals surface area contributed by atoms with Gasteiger partial charge in [0, 0.05) is 41.0 Å². The lowest BCUT2D eigenvalue weighted by molar-refractivity contribution is 0.442. The van der Waals surface area contributed by atoms with Gasteiger partial charge in [0.05, 0.1) is 11.4 Å². The predicted molar refractivity (Wildman–Crippen MR) is 120 cm³/mol. The summed E-state index contributed by atoms with van der Waals surface area (Å²) in [5.74, 6) is 0.989. The van der Waals surface area contributed by atoms with Crippen LogP contribution in [-0.4, -0.2) is 24.3 Å². The molecule has 5 rings (SSSR count). The predicted octanol–water partition coefficient (Wildman–Crippen LogP) is 4.12. The minimum absolute atomic E-state index is 0.289. The molecule has 31 heavy (non-hydrogen) atoms. The average molecular weight is 409 g/mol. The molecule has 0 saturated carbocycles. The lowest BCUT2D eigenvalue weighted by Crippen LogP contribution is -2.03. The molecule has 0 atom stereocenters. The van der Waals surface area contributed by atoms with Crippen molar-refractivity contribution in [2.45, 2.75) is 6.92 Å². The molecular formula is C23H19N7O. The molecule has 0 radical (unpaired) electrons. The number of fused-ring (bicyclic) bond motifs is 1. The molecule has 0 aliphatic heterocycles. The van der Waals surface area contributed by atoms with E-state index in [0.29, 0.717) is 17.4 Å². The summed E-state index contributed by atoms with van der Waals surface area (Å²) in [6.45, 7) is 1.96. The van der Waals surface area contributed by atoms with Crippen LogP contribution in [0, 0.1) is 6.92 Å². The summed E-state index contributed by atoms with van der Waals surface area (Å²) in [5.41, 5.74) is 18.0. The molecule has 0 amide bonds. The van der Waals surface area contributed by atoms with Gasteiger partial charge < -0.3 is 16.2 Å². The molecule has 3 heterocycles. The molecule has 4 N–H and O–H groups in total. The maximum Gasteiger partial charge on any atom is 0.321 e. The molecule has 8 heteroatoms. The van der Waals surface area contributed by atoms with Crippen molar-refractivity contribution in [3.63, 3.8) is 0 Å². The standard InChI is InChI=1S/C23H19N7O/c1-14-13-28-22(25)30-20(19(29-21(14)30)15-3-7-17(24)8-4-15)16-5-9-18(10-6-16)31-23-26-11-2-12-27-23/h2-13H,24H2,1H3,(H2,25,28). The van der Waals surface area contributed by atoms with Crippen molar-refractivity contribution >= 4 is 17.3 Å². The van der Waals surface area contributed by atoms with Gasteiger partial charge in [-0.1, -0.05) is 12.1 Å². The van der Waals surface area contributed by atoms with Crippen molar-refractivity contribution in [3.05, 3.63) is 78.8 Å². The Morgan fingerprint density at radius 1 is 0.839 bits per heavy atom. The van der Waals surface area contributed by atoms with Gasteiger partial charge in [-0.05, 0) is 49.4 Å². The number of nitrogens with zero attached hydrogens (tertiary/aromatic N) is 5. The Balaban J connectivity index is 1.65. The quantitative estimate of drug-likeness (QED) is 0.429. The molecule has 0 aliphatic carbocycles. The van der Waals surface area contributed by atoms with Gasteiger partial charge in [-0.2, -0.15) is 0 Å². The van der Waals surface area contributed by atoms with Gasteiger partial charge in [-0.25, -0.2) is 19.9 Å². The van der Waals surface area contributed by atoms with E-state index in [-0.39, 0.29) is 6.01 Å². The van der Waals surface area contributed by atoms with Gasteiger partial charge in [0.1, 0.15) is 11.4 Å². The summed E-state index contributed by atoms with van der Waals surface area (Å²) in [6, 6.07) is 17.2. The van der Waals surface area contributed by atoms with Crippen LogP contribution in [0.2, 0.25) is 0 Å². The fourth-order valence-electron chi connectivity index (χ4n) is 3.42. The number of hydrogen-bond donors (Lipinski definition) is 2. The second-order valence-corrected chi connectivity index (χ2v) is 7.05. The van der Waals surface area contributed by atoms with Crippen LogP contribution in [0.5, 0.6) is 11.8 Å². The first-order chi connectivity index (χ1) is 15.1. The first kappa shape index (κ1) is 18.6.